The molecule has 0 atom stereocenters. The Hall–Kier alpha value is -2.33. The third kappa shape index (κ3) is 4.25. The lowest BCUT2D eigenvalue weighted by Crippen LogP contribution is -2.16. The summed E-state index contributed by atoms with van der Waals surface area (Å²) in [5.41, 5.74) is 1.74. The smallest absolute Gasteiger partial charge is 0.234 e. The molecular formula is C16H12BrF2N5OS. The molecule has 0 saturated carbocycles. The molecule has 0 radical (unpaired) electrons. The molecule has 0 spiro atoms. The number of carbonyl (C=O) groups is 1. The number of nitrogens with zero attached hydrogens (tertiary/aromatic N) is 4. The fourth-order valence-corrected chi connectivity index (χ4v) is 3.28. The molecule has 3 rings (SSSR count). The van der Waals surface area contributed by atoms with Gasteiger partial charge >= 0.3 is 0 Å². The molecule has 1 amide bonds. The summed E-state index contributed by atoms with van der Waals surface area (Å²) in [5, 5.41) is 14.3. The summed E-state index contributed by atoms with van der Waals surface area (Å²) in [5.74, 6) is -2.12. The van der Waals surface area contributed by atoms with Crippen LogP contribution >= 0.6 is 27.7 Å². The first-order valence-electron chi connectivity index (χ1n) is 7.36. The second kappa shape index (κ2) is 7.92. The number of benzene rings is 2. The Balaban J connectivity index is 1.68. The van der Waals surface area contributed by atoms with Crippen molar-refractivity contribution >= 4 is 39.3 Å². The van der Waals surface area contributed by atoms with E-state index in [9.17, 15) is 13.6 Å². The maximum atomic E-state index is 13.8. The van der Waals surface area contributed by atoms with Crippen molar-refractivity contribution in [1.29, 1.82) is 0 Å². The highest BCUT2D eigenvalue weighted by Crippen LogP contribution is 2.27. The molecule has 3 aromatic rings. The molecule has 0 aliphatic carbocycles. The van der Waals surface area contributed by atoms with Crippen LogP contribution in [0.2, 0.25) is 0 Å². The zero-order chi connectivity index (χ0) is 18.7. The third-order valence-electron chi connectivity index (χ3n) is 3.32. The normalized spacial score (nSPS) is 10.8. The minimum absolute atomic E-state index is 0.0461. The number of carbonyl (C=O) groups excluding carboxylic acids is 1. The zero-order valence-corrected chi connectivity index (χ0v) is 15.8. The van der Waals surface area contributed by atoms with Crippen LogP contribution < -0.4 is 5.32 Å². The molecule has 1 N–H and O–H groups in total. The molecule has 0 unspecified atom stereocenters. The lowest BCUT2D eigenvalue weighted by Gasteiger charge is -2.09. The number of nitrogens with one attached hydrogen (secondary N) is 1. The van der Waals surface area contributed by atoms with E-state index in [0.717, 1.165) is 29.1 Å². The van der Waals surface area contributed by atoms with E-state index < -0.39 is 17.5 Å². The van der Waals surface area contributed by atoms with Crippen molar-refractivity contribution in [2.75, 3.05) is 11.1 Å². The van der Waals surface area contributed by atoms with Crippen LogP contribution in [-0.2, 0) is 4.79 Å². The van der Waals surface area contributed by atoms with Gasteiger partial charge in [0.25, 0.3) is 0 Å². The van der Waals surface area contributed by atoms with Crippen molar-refractivity contribution in [3.63, 3.8) is 0 Å². The van der Waals surface area contributed by atoms with Crippen molar-refractivity contribution in [2.24, 2.45) is 0 Å². The van der Waals surface area contributed by atoms with Crippen LogP contribution in [0.3, 0.4) is 0 Å². The second-order valence-corrected chi connectivity index (χ2v) is 7.09. The van der Waals surface area contributed by atoms with E-state index in [2.05, 4.69) is 36.8 Å². The van der Waals surface area contributed by atoms with Gasteiger partial charge in [0.2, 0.25) is 11.1 Å². The van der Waals surface area contributed by atoms with Crippen molar-refractivity contribution in [3.05, 3.63) is 58.1 Å². The van der Waals surface area contributed by atoms with E-state index in [4.69, 9.17) is 0 Å². The number of anilines is 1. The Morgan fingerprint density at radius 2 is 2.00 bits per heavy atom. The summed E-state index contributed by atoms with van der Waals surface area (Å²) in [7, 11) is 0. The minimum atomic E-state index is -0.861. The highest BCUT2D eigenvalue weighted by atomic mass is 79.9. The number of rotatable bonds is 5. The molecule has 26 heavy (non-hydrogen) atoms. The lowest BCUT2D eigenvalue weighted by atomic mass is 10.2. The average molecular weight is 440 g/mol. The molecule has 0 aliphatic heterocycles. The molecule has 0 fully saturated rings. The van der Waals surface area contributed by atoms with E-state index in [0.29, 0.717) is 11.2 Å². The van der Waals surface area contributed by atoms with Gasteiger partial charge in [-0.1, -0.05) is 29.5 Å². The predicted molar refractivity (Wildman–Crippen MR) is 97.3 cm³/mol. The Labute approximate surface area is 160 Å². The van der Waals surface area contributed by atoms with Gasteiger partial charge in [0, 0.05) is 10.5 Å². The summed E-state index contributed by atoms with van der Waals surface area (Å²) >= 11 is 4.12. The van der Waals surface area contributed by atoms with E-state index in [1.54, 1.807) is 0 Å². The molecule has 2 aromatic carbocycles. The quantitative estimate of drug-likeness (QED) is 0.612. The Kier molecular flexibility index (Phi) is 5.62. The van der Waals surface area contributed by atoms with Crippen LogP contribution in [0.1, 0.15) is 5.56 Å². The van der Waals surface area contributed by atoms with Crippen LogP contribution in [0.5, 0.6) is 0 Å². The summed E-state index contributed by atoms with van der Waals surface area (Å²) in [6.07, 6.45) is 0. The van der Waals surface area contributed by atoms with E-state index in [-0.39, 0.29) is 15.9 Å². The number of halogens is 3. The van der Waals surface area contributed by atoms with Gasteiger partial charge < -0.3 is 5.32 Å². The Bertz CT molecular complexity index is 925. The van der Waals surface area contributed by atoms with Gasteiger partial charge in [-0.15, -0.1) is 5.10 Å². The Morgan fingerprint density at radius 3 is 2.69 bits per heavy atom. The second-order valence-electron chi connectivity index (χ2n) is 5.29. The van der Waals surface area contributed by atoms with Gasteiger partial charge in [-0.25, -0.2) is 8.78 Å². The molecular weight excluding hydrogens is 428 g/mol. The van der Waals surface area contributed by atoms with Crippen LogP contribution in [0.15, 0.2) is 46.0 Å². The van der Waals surface area contributed by atoms with Gasteiger partial charge in [0.1, 0.15) is 5.82 Å². The van der Waals surface area contributed by atoms with Gasteiger partial charge in [0.05, 0.1) is 17.1 Å². The average Bonchev–Trinajstić information content (AvgIpc) is 3.05. The zero-order valence-electron chi connectivity index (χ0n) is 13.4. The van der Waals surface area contributed by atoms with E-state index >= 15 is 0 Å². The monoisotopic (exact) mass is 439 g/mol. The summed E-state index contributed by atoms with van der Waals surface area (Å²) in [4.78, 5) is 12.1. The SMILES string of the molecule is Cc1ccc(-n2nnnc2SCC(=O)Nc2c(F)cc(F)cc2Br)cc1. The number of amides is 1. The molecule has 0 aliphatic rings. The minimum Gasteiger partial charge on any atom is -0.322 e. The van der Waals surface area contributed by atoms with Crippen LogP contribution in [0, 0.1) is 18.6 Å². The molecule has 10 heteroatoms. The molecule has 0 saturated heterocycles. The van der Waals surface area contributed by atoms with Crippen LogP contribution in [-0.4, -0.2) is 31.9 Å². The van der Waals surface area contributed by atoms with Crippen molar-refractivity contribution < 1.29 is 13.6 Å². The maximum absolute atomic E-state index is 13.8. The third-order valence-corrected chi connectivity index (χ3v) is 4.87. The van der Waals surface area contributed by atoms with Gasteiger partial charge in [-0.2, -0.15) is 4.68 Å². The number of aryl methyl sites for hydroxylation is 1. The van der Waals surface area contributed by atoms with Crippen LogP contribution in [0.4, 0.5) is 14.5 Å². The largest absolute Gasteiger partial charge is 0.322 e. The molecule has 6 nitrogen and oxygen atoms in total. The fourth-order valence-electron chi connectivity index (χ4n) is 2.08. The van der Waals surface area contributed by atoms with Gasteiger partial charge in [-0.05, 0) is 51.5 Å². The maximum Gasteiger partial charge on any atom is 0.234 e. The first-order chi connectivity index (χ1) is 12.4. The van der Waals surface area contributed by atoms with E-state index in [1.165, 1.54) is 4.68 Å². The topological polar surface area (TPSA) is 72.7 Å². The number of hydrogen-bond acceptors (Lipinski definition) is 5. The van der Waals surface area contributed by atoms with Crippen molar-refractivity contribution in [1.82, 2.24) is 20.2 Å². The van der Waals surface area contributed by atoms with Crippen LogP contribution in [0.25, 0.3) is 5.69 Å². The molecule has 1 aromatic heterocycles. The van der Waals surface area contributed by atoms with Crippen molar-refractivity contribution in [2.45, 2.75) is 12.1 Å². The number of thioether (sulfide) groups is 1. The van der Waals surface area contributed by atoms with Gasteiger partial charge in [-0.3, -0.25) is 4.79 Å². The van der Waals surface area contributed by atoms with Gasteiger partial charge in [0.15, 0.2) is 5.82 Å². The summed E-state index contributed by atoms with van der Waals surface area (Å²) < 4.78 is 28.5. The summed E-state index contributed by atoms with van der Waals surface area (Å²) in [6.45, 7) is 1.97. The number of tetrazole rings is 1. The standard InChI is InChI=1S/C16H12BrF2N5OS/c1-9-2-4-11(5-3-9)24-16(21-22-23-24)26-8-14(25)20-15-12(17)6-10(18)7-13(15)19/h2-7H,8H2,1H3,(H,20,25). The first-order valence-corrected chi connectivity index (χ1v) is 9.14. The summed E-state index contributed by atoms with van der Waals surface area (Å²) in [6, 6.07) is 9.34. The first kappa shape index (κ1) is 18.5. The fraction of sp³-hybridized carbons (Fsp3) is 0.125. The highest BCUT2D eigenvalue weighted by Gasteiger charge is 2.15. The predicted octanol–water partition coefficient (Wildman–Crippen LogP) is 3.74. The molecule has 134 valence electrons. The Morgan fingerprint density at radius 1 is 1.27 bits per heavy atom. The number of hydrogen-bond donors (Lipinski definition) is 1. The lowest BCUT2D eigenvalue weighted by molar-refractivity contribution is -0.113. The van der Waals surface area contributed by atoms with Crippen molar-refractivity contribution in [3.8, 4) is 5.69 Å². The molecule has 1 heterocycles. The highest BCUT2D eigenvalue weighted by molar-refractivity contribution is 9.10. The van der Waals surface area contributed by atoms with E-state index in [1.807, 2.05) is 31.2 Å². The number of aromatic nitrogens is 4. The molecule has 0 bridgehead atoms.